The van der Waals surface area contributed by atoms with Gasteiger partial charge in [-0.1, -0.05) is 0 Å². The number of carbonyl (C=O) groups excluding carboxylic acids is 1. The number of rotatable bonds is 4. The number of amides is 1. The van der Waals surface area contributed by atoms with E-state index in [4.69, 9.17) is 0 Å². The maximum absolute atomic E-state index is 11.9. The Morgan fingerprint density at radius 1 is 1.35 bits per heavy atom. The van der Waals surface area contributed by atoms with E-state index < -0.39 is 0 Å². The zero-order valence-electron chi connectivity index (χ0n) is 10.7. The molecule has 1 N–H and O–H groups in total. The molecule has 2 aliphatic heterocycles. The van der Waals surface area contributed by atoms with E-state index in [-0.39, 0.29) is 5.91 Å². The molecule has 2 heterocycles. The van der Waals surface area contributed by atoms with Gasteiger partial charge in [0.25, 0.3) is 0 Å². The summed E-state index contributed by atoms with van der Waals surface area (Å²) in [5, 5.41) is 4.04. The van der Waals surface area contributed by atoms with E-state index in [1.807, 2.05) is 16.7 Å². The molecule has 98 valence electrons. The van der Waals surface area contributed by atoms with Crippen LogP contribution >= 0.6 is 11.8 Å². The van der Waals surface area contributed by atoms with Crippen LogP contribution in [0.4, 0.5) is 0 Å². The Bertz CT molecular complexity index is 248. The van der Waals surface area contributed by atoms with E-state index in [9.17, 15) is 4.79 Å². The molecule has 0 saturated carbocycles. The lowest BCUT2D eigenvalue weighted by molar-refractivity contribution is -0.131. The summed E-state index contributed by atoms with van der Waals surface area (Å²) in [7, 11) is 2.11. The SMILES string of the molecule is CN1CCN(C(=O)CNCC2CCCS2)CC1. The van der Waals surface area contributed by atoms with Crippen molar-refractivity contribution in [3.05, 3.63) is 0 Å². The van der Waals surface area contributed by atoms with Gasteiger partial charge >= 0.3 is 0 Å². The Morgan fingerprint density at radius 2 is 2.12 bits per heavy atom. The molecular weight excluding hydrogens is 234 g/mol. The second-order valence-electron chi connectivity index (χ2n) is 4.95. The second-order valence-corrected chi connectivity index (χ2v) is 6.36. The zero-order valence-corrected chi connectivity index (χ0v) is 11.5. The Balaban J connectivity index is 1.60. The summed E-state index contributed by atoms with van der Waals surface area (Å²) >= 11 is 2.04. The number of nitrogens with zero attached hydrogens (tertiary/aromatic N) is 2. The molecule has 0 aromatic rings. The van der Waals surface area contributed by atoms with Crippen LogP contribution in [-0.2, 0) is 4.79 Å². The first-order chi connectivity index (χ1) is 8.25. The van der Waals surface area contributed by atoms with E-state index in [1.54, 1.807) is 0 Å². The molecule has 2 aliphatic rings. The van der Waals surface area contributed by atoms with Gasteiger partial charge in [0, 0.05) is 38.0 Å². The van der Waals surface area contributed by atoms with Crippen LogP contribution in [0.5, 0.6) is 0 Å². The van der Waals surface area contributed by atoms with E-state index in [0.717, 1.165) is 38.0 Å². The molecule has 4 nitrogen and oxygen atoms in total. The summed E-state index contributed by atoms with van der Waals surface area (Å²) in [6.45, 7) is 5.28. The molecular formula is C12H23N3OS. The lowest BCUT2D eigenvalue weighted by atomic mass is 10.2. The van der Waals surface area contributed by atoms with Crippen molar-refractivity contribution < 1.29 is 4.79 Å². The third-order valence-electron chi connectivity index (χ3n) is 3.53. The molecule has 0 bridgehead atoms. The maximum Gasteiger partial charge on any atom is 0.236 e. The summed E-state index contributed by atoms with van der Waals surface area (Å²) in [4.78, 5) is 16.2. The molecule has 0 spiro atoms. The quantitative estimate of drug-likeness (QED) is 0.783. The minimum absolute atomic E-state index is 0.265. The molecule has 0 aromatic carbocycles. The van der Waals surface area contributed by atoms with Crippen LogP contribution < -0.4 is 5.32 Å². The van der Waals surface area contributed by atoms with Crippen LogP contribution in [0, 0.1) is 0 Å². The normalized spacial score (nSPS) is 26.4. The number of thioether (sulfide) groups is 1. The summed E-state index contributed by atoms with van der Waals surface area (Å²) < 4.78 is 0. The molecule has 1 unspecified atom stereocenters. The van der Waals surface area contributed by atoms with Gasteiger partial charge in [0.05, 0.1) is 6.54 Å². The first kappa shape index (κ1) is 13.2. The lowest BCUT2D eigenvalue weighted by Crippen LogP contribution is -2.49. The summed E-state index contributed by atoms with van der Waals surface area (Å²) in [5.41, 5.74) is 0. The van der Waals surface area contributed by atoms with Crippen molar-refractivity contribution in [3.8, 4) is 0 Å². The summed E-state index contributed by atoms with van der Waals surface area (Å²) in [6.07, 6.45) is 2.64. The van der Waals surface area contributed by atoms with Crippen molar-refractivity contribution in [2.24, 2.45) is 0 Å². The van der Waals surface area contributed by atoms with Gasteiger partial charge in [-0.15, -0.1) is 0 Å². The third kappa shape index (κ3) is 4.16. The minimum atomic E-state index is 0.265. The van der Waals surface area contributed by atoms with E-state index in [0.29, 0.717) is 6.54 Å². The van der Waals surface area contributed by atoms with Crippen LogP contribution in [0.1, 0.15) is 12.8 Å². The highest BCUT2D eigenvalue weighted by Crippen LogP contribution is 2.25. The molecule has 17 heavy (non-hydrogen) atoms. The van der Waals surface area contributed by atoms with Gasteiger partial charge < -0.3 is 15.1 Å². The third-order valence-corrected chi connectivity index (χ3v) is 4.93. The topological polar surface area (TPSA) is 35.6 Å². The van der Waals surface area contributed by atoms with Crippen LogP contribution in [0.25, 0.3) is 0 Å². The fourth-order valence-corrected chi connectivity index (χ4v) is 3.55. The first-order valence-corrected chi connectivity index (χ1v) is 7.59. The van der Waals surface area contributed by atoms with Crippen molar-refractivity contribution in [2.75, 3.05) is 52.1 Å². The molecule has 5 heteroatoms. The van der Waals surface area contributed by atoms with Crippen molar-refractivity contribution in [3.63, 3.8) is 0 Å². The van der Waals surface area contributed by atoms with Crippen LogP contribution in [0.3, 0.4) is 0 Å². The minimum Gasteiger partial charge on any atom is -0.339 e. The molecule has 1 amide bonds. The van der Waals surface area contributed by atoms with Gasteiger partial charge in [-0.2, -0.15) is 11.8 Å². The molecule has 2 saturated heterocycles. The van der Waals surface area contributed by atoms with Gasteiger partial charge in [0.15, 0.2) is 0 Å². The zero-order chi connectivity index (χ0) is 12.1. The van der Waals surface area contributed by atoms with Gasteiger partial charge in [0.2, 0.25) is 5.91 Å². The van der Waals surface area contributed by atoms with Crippen LogP contribution in [0.15, 0.2) is 0 Å². The van der Waals surface area contributed by atoms with Gasteiger partial charge in [0.1, 0.15) is 0 Å². The maximum atomic E-state index is 11.9. The van der Waals surface area contributed by atoms with Crippen LogP contribution in [-0.4, -0.2) is 73.0 Å². The largest absolute Gasteiger partial charge is 0.339 e. The van der Waals surface area contributed by atoms with E-state index in [1.165, 1.54) is 18.6 Å². The predicted octanol–water partition coefficient (Wildman–Crippen LogP) is 0.246. The van der Waals surface area contributed by atoms with Crippen molar-refractivity contribution in [2.45, 2.75) is 18.1 Å². The highest BCUT2D eigenvalue weighted by Gasteiger charge is 2.19. The number of nitrogens with one attached hydrogen (secondary N) is 1. The van der Waals surface area contributed by atoms with E-state index in [2.05, 4.69) is 17.3 Å². The van der Waals surface area contributed by atoms with Gasteiger partial charge in [-0.05, 0) is 25.6 Å². The number of piperazine rings is 1. The first-order valence-electron chi connectivity index (χ1n) is 6.54. The fraction of sp³-hybridized carbons (Fsp3) is 0.917. The monoisotopic (exact) mass is 257 g/mol. The molecule has 0 aliphatic carbocycles. The van der Waals surface area contributed by atoms with Crippen molar-refractivity contribution >= 4 is 17.7 Å². The second kappa shape index (κ2) is 6.61. The standard InChI is InChI=1S/C12H23N3OS/c1-14-4-6-15(7-5-14)12(16)10-13-9-11-3-2-8-17-11/h11,13H,2-10H2,1H3. The Hall–Kier alpha value is -0.260. The fourth-order valence-electron chi connectivity index (χ4n) is 2.31. The number of hydrogen-bond acceptors (Lipinski definition) is 4. The summed E-state index contributed by atoms with van der Waals surface area (Å²) in [5.74, 6) is 1.56. The predicted molar refractivity (Wildman–Crippen MR) is 72.4 cm³/mol. The Kier molecular flexibility index (Phi) is 5.13. The lowest BCUT2D eigenvalue weighted by Gasteiger charge is -2.32. The molecule has 0 radical (unpaired) electrons. The van der Waals surface area contributed by atoms with Crippen molar-refractivity contribution in [1.29, 1.82) is 0 Å². The summed E-state index contributed by atoms with van der Waals surface area (Å²) in [6, 6.07) is 0. The molecule has 2 rings (SSSR count). The molecule has 0 aromatic heterocycles. The van der Waals surface area contributed by atoms with Crippen LogP contribution in [0.2, 0.25) is 0 Å². The highest BCUT2D eigenvalue weighted by molar-refractivity contribution is 8.00. The number of carbonyl (C=O) groups is 1. The van der Waals surface area contributed by atoms with Crippen molar-refractivity contribution in [1.82, 2.24) is 15.1 Å². The highest BCUT2D eigenvalue weighted by atomic mass is 32.2. The average Bonchev–Trinajstić information content (AvgIpc) is 2.83. The Morgan fingerprint density at radius 3 is 2.76 bits per heavy atom. The number of likely N-dealkylation sites (N-methyl/N-ethyl adjacent to an activating group) is 1. The number of hydrogen-bond donors (Lipinski definition) is 1. The van der Waals surface area contributed by atoms with Gasteiger partial charge in [-0.25, -0.2) is 0 Å². The Labute approximate surface area is 108 Å². The van der Waals surface area contributed by atoms with E-state index >= 15 is 0 Å². The van der Waals surface area contributed by atoms with Gasteiger partial charge in [-0.3, -0.25) is 4.79 Å². The molecule has 2 fully saturated rings. The average molecular weight is 257 g/mol. The molecule has 1 atom stereocenters. The smallest absolute Gasteiger partial charge is 0.236 e.